The normalized spacial score (nSPS) is 37.2. The molecular formula is C27H44O2. The van der Waals surface area contributed by atoms with Crippen LogP contribution in [0.5, 0.6) is 0 Å². The van der Waals surface area contributed by atoms with Crippen molar-refractivity contribution in [3.05, 3.63) is 35.5 Å². The largest absolute Gasteiger partial charge is 0.393 e. The van der Waals surface area contributed by atoms with Crippen LogP contribution >= 0.6 is 0 Å². The lowest BCUT2D eigenvalue weighted by molar-refractivity contribution is 0.0596. The lowest BCUT2D eigenvalue weighted by Gasteiger charge is -2.44. The van der Waals surface area contributed by atoms with Gasteiger partial charge in [0.05, 0.1) is 11.7 Å². The first-order chi connectivity index (χ1) is 13.6. The molecule has 0 aromatic carbocycles. The second-order valence-electron chi connectivity index (χ2n) is 11.2. The standard InChI is InChI=1S/C27H44O2/c1-19-10-13-23(28)18-22(19)12-11-21-9-7-17-27(5)24(14-15-25(21)27)20(2)8-6-16-26(3,4)29/h11-12,20,23-25,28-29H,1,6-10,13-18H2,2-5H3/b21-11+,22-12-/t20-,23+,24-,25+,27?/m1/s1. The van der Waals surface area contributed by atoms with Gasteiger partial charge in [0.25, 0.3) is 0 Å². The van der Waals surface area contributed by atoms with Crippen LogP contribution in [-0.4, -0.2) is 21.9 Å². The van der Waals surface area contributed by atoms with Crippen LogP contribution in [0, 0.1) is 23.2 Å². The average molecular weight is 401 g/mol. The maximum absolute atomic E-state index is 10.0. The molecule has 0 aromatic heterocycles. The summed E-state index contributed by atoms with van der Waals surface area (Å²) in [6.07, 6.45) is 16.9. The first-order valence-corrected chi connectivity index (χ1v) is 12.1. The molecule has 3 rings (SSSR count). The molecule has 3 aliphatic rings. The van der Waals surface area contributed by atoms with E-state index < -0.39 is 5.60 Å². The maximum atomic E-state index is 10.0. The molecule has 2 N–H and O–H groups in total. The fraction of sp³-hybridized carbons (Fsp3) is 0.778. The van der Waals surface area contributed by atoms with Crippen LogP contribution in [-0.2, 0) is 0 Å². The number of allylic oxidation sites excluding steroid dienone is 4. The highest BCUT2D eigenvalue weighted by molar-refractivity contribution is 5.36. The third kappa shape index (κ3) is 5.44. The van der Waals surface area contributed by atoms with E-state index in [0.717, 1.165) is 49.9 Å². The van der Waals surface area contributed by atoms with Crippen molar-refractivity contribution in [1.29, 1.82) is 0 Å². The Labute approximate surface area is 179 Å². The molecule has 2 nitrogen and oxygen atoms in total. The molecule has 3 fully saturated rings. The van der Waals surface area contributed by atoms with Gasteiger partial charge in [-0.3, -0.25) is 0 Å². The van der Waals surface area contributed by atoms with Crippen molar-refractivity contribution in [2.45, 2.75) is 110 Å². The summed E-state index contributed by atoms with van der Waals surface area (Å²) in [5.74, 6) is 2.26. The van der Waals surface area contributed by atoms with Gasteiger partial charge in [-0.05, 0) is 100 Å². The Balaban J connectivity index is 1.68. The van der Waals surface area contributed by atoms with Crippen LogP contribution in [0.2, 0.25) is 0 Å². The maximum Gasteiger partial charge on any atom is 0.0591 e. The van der Waals surface area contributed by atoms with Gasteiger partial charge in [-0.1, -0.05) is 56.6 Å². The second kappa shape index (κ2) is 9.10. The van der Waals surface area contributed by atoms with Crippen LogP contribution in [0.25, 0.3) is 0 Å². The monoisotopic (exact) mass is 400 g/mol. The van der Waals surface area contributed by atoms with Crippen molar-refractivity contribution in [3.63, 3.8) is 0 Å². The van der Waals surface area contributed by atoms with Crippen LogP contribution < -0.4 is 0 Å². The highest BCUT2D eigenvalue weighted by atomic mass is 16.3. The molecule has 164 valence electrons. The minimum atomic E-state index is -0.535. The zero-order valence-electron chi connectivity index (χ0n) is 19.3. The fourth-order valence-electron chi connectivity index (χ4n) is 6.67. The average Bonchev–Trinajstić information content (AvgIpc) is 2.99. The molecule has 0 radical (unpaired) electrons. The van der Waals surface area contributed by atoms with E-state index in [2.05, 4.69) is 32.6 Å². The van der Waals surface area contributed by atoms with E-state index >= 15 is 0 Å². The van der Waals surface area contributed by atoms with Crippen LogP contribution in [0.3, 0.4) is 0 Å². The lowest BCUT2D eigenvalue weighted by atomic mass is 9.60. The molecule has 0 aromatic rings. The van der Waals surface area contributed by atoms with Gasteiger partial charge in [-0.15, -0.1) is 0 Å². The summed E-state index contributed by atoms with van der Waals surface area (Å²) in [6.45, 7) is 13.1. The lowest BCUT2D eigenvalue weighted by Crippen LogP contribution is -2.36. The van der Waals surface area contributed by atoms with E-state index in [4.69, 9.17) is 0 Å². The van der Waals surface area contributed by atoms with E-state index in [-0.39, 0.29) is 6.10 Å². The van der Waals surface area contributed by atoms with Gasteiger partial charge in [-0.25, -0.2) is 0 Å². The molecule has 3 saturated carbocycles. The van der Waals surface area contributed by atoms with Crippen LogP contribution in [0.1, 0.15) is 98.3 Å². The summed E-state index contributed by atoms with van der Waals surface area (Å²) in [5, 5.41) is 20.1. The molecule has 0 aliphatic heterocycles. The molecule has 29 heavy (non-hydrogen) atoms. The minimum absolute atomic E-state index is 0.192. The highest BCUT2D eigenvalue weighted by Crippen LogP contribution is 2.60. The number of aliphatic hydroxyl groups is 2. The Kier molecular flexibility index (Phi) is 7.16. The van der Waals surface area contributed by atoms with Crippen LogP contribution in [0.15, 0.2) is 35.5 Å². The van der Waals surface area contributed by atoms with Gasteiger partial charge in [0.2, 0.25) is 0 Å². The summed E-state index contributed by atoms with van der Waals surface area (Å²) < 4.78 is 0. The Hall–Kier alpha value is -0.860. The fourth-order valence-corrected chi connectivity index (χ4v) is 6.67. The van der Waals surface area contributed by atoms with E-state index in [9.17, 15) is 10.2 Å². The van der Waals surface area contributed by atoms with Gasteiger partial charge in [-0.2, -0.15) is 0 Å². The van der Waals surface area contributed by atoms with Crippen molar-refractivity contribution in [1.82, 2.24) is 0 Å². The number of hydrogen-bond donors (Lipinski definition) is 2. The van der Waals surface area contributed by atoms with Gasteiger partial charge >= 0.3 is 0 Å². The summed E-state index contributed by atoms with van der Waals surface area (Å²) in [4.78, 5) is 0. The first-order valence-electron chi connectivity index (χ1n) is 12.1. The predicted octanol–water partition coefficient (Wildman–Crippen LogP) is 6.73. The van der Waals surface area contributed by atoms with Gasteiger partial charge < -0.3 is 10.2 Å². The van der Waals surface area contributed by atoms with E-state index in [1.165, 1.54) is 49.7 Å². The third-order valence-electron chi connectivity index (χ3n) is 8.36. The number of fused-ring (bicyclic) bond motifs is 1. The first kappa shape index (κ1) is 22.8. The van der Waals surface area contributed by atoms with E-state index in [0.29, 0.717) is 5.41 Å². The van der Waals surface area contributed by atoms with Gasteiger partial charge in [0, 0.05) is 0 Å². The summed E-state index contributed by atoms with van der Waals surface area (Å²) >= 11 is 0. The van der Waals surface area contributed by atoms with Crippen molar-refractivity contribution < 1.29 is 10.2 Å². The third-order valence-corrected chi connectivity index (χ3v) is 8.36. The number of aliphatic hydroxyl groups excluding tert-OH is 1. The molecular weight excluding hydrogens is 356 g/mol. The number of rotatable bonds is 6. The molecule has 2 heteroatoms. The minimum Gasteiger partial charge on any atom is -0.393 e. The Morgan fingerprint density at radius 2 is 1.97 bits per heavy atom. The molecule has 0 amide bonds. The van der Waals surface area contributed by atoms with Crippen molar-refractivity contribution in [2.75, 3.05) is 0 Å². The SMILES string of the molecule is C=C1CC[C@H](O)C/C1=C/C=C1\CCCC2(C)[C@@H]([C@H](C)CCCC(C)(C)O)CC[C@@H]12. The quantitative estimate of drug-likeness (QED) is 0.518. The summed E-state index contributed by atoms with van der Waals surface area (Å²) in [5.41, 5.74) is 4.02. The summed E-state index contributed by atoms with van der Waals surface area (Å²) in [6, 6.07) is 0. The second-order valence-corrected chi connectivity index (χ2v) is 11.2. The van der Waals surface area contributed by atoms with E-state index in [1.807, 2.05) is 13.8 Å². The van der Waals surface area contributed by atoms with Crippen molar-refractivity contribution >= 4 is 0 Å². The Bertz CT molecular complexity index is 650. The van der Waals surface area contributed by atoms with E-state index in [1.54, 1.807) is 5.57 Å². The molecule has 0 spiro atoms. The van der Waals surface area contributed by atoms with Gasteiger partial charge in [0.15, 0.2) is 0 Å². The van der Waals surface area contributed by atoms with Crippen molar-refractivity contribution in [3.8, 4) is 0 Å². The highest BCUT2D eigenvalue weighted by Gasteiger charge is 2.50. The van der Waals surface area contributed by atoms with Crippen LogP contribution in [0.4, 0.5) is 0 Å². The smallest absolute Gasteiger partial charge is 0.0591 e. The molecule has 0 bridgehead atoms. The number of hydrogen-bond acceptors (Lipinski definition) is 2. The molecule has 5 atom stereocenters. The Morgan fingerprint density at radius 3 is 2.69 bits per heavy atom. The van der Waals surface area contributed by atoms with Gasteiger partial charge in [0.1, 0.15) is 0 Å². The molecule has 3 aliphatic carbocycles. The Morgan fingerprint density at radius 1 is 1.21 bits per heavy atom. The van der Waals surface area contributed by atoms with Crippen molar-refractivity contribution in [2.24, 2.45) is 23.2 Å². The predicted molar refractivity (Wildman–Crippen MR) is 123 cm³/mol. The topological polar surface area (TPSA) is 40.5 Å². The molecule has 0 saturated heterocycles. The molecule has 0 heterocycles. The molecule has 1 unspecified atom stereocenters. The zero-order chi connectivity index (χ0) is 21.2. The summed E-state index contributed by atoms with van der Waals surface area (Å²) in [7, 11) is 0. The zero-order valence-corrected chi connectivity index (χ0v) is 19.3.